The number of nitrogens with one attached hydrogen (secondary N) is 1. The molecule has 4 rings (SSSR count). The predicted molar refractivity (Wildman–Crippen MR) is 91.3 cm³/mol. The molecule has 0 aliphatic carbocycles. The standard InChI is InChI=1S/C19H13F3N2O2/c20-19(21,22)12-4-6-13(7-5-12)23-18(26)15-10-24-9-8-11-2-1-3-14(16(11)24)17(15)25/h1-7,10H,8-9H2,(H,23,26). The van der Waals surface area contributed by atoms with Gasteiger partial charge in [0.1, 0.15) is 5.56 Å². The molecule has 2 heterocycles. The minimum absolute atomic E-state index is 0.0311. The molecule has 26 heavy (non-hydrogen) atoms. The SMILES string of the molecule is O=C(Nc1ccc(C(F)(F)F)cc1)c1cn2c3c(cccc3c1=O)CC2. The number of alkyl halides is 3. The van der Waals surface area contributed by atoms with Gasteiger partial charge in [0.05, 0.1) is 11.1 Å². The number of amides is 1. The van der Waals surface area contributed by atoms with Crippen LogP contribution in [0.25, 0.3) is 10.9 Å². The van der Waals surface area contributed by atoms with E-state index in [9.17, 15) is 22.8 Å². The molecule has 0 saturated heterocycles. The molecule has 0 unspecified atom stereocenters. The fourth-order valence-corrected chi connectivity index (χ4v) is 3.26. The molecule has 0 radical (unpaired) electrons. The molecular weight excluding hydrogens is 345 g/mol. The summed E-state index contributed by atoms with van der Waals surface area (Å²) in [5, 5.41) is 2.96. The summed E-state index contributed by atoms with van der Waals surface area (Å²) in [6, 6.07) is 9.51. The van der Waals surface area contributed by atoms with Crippen LogP contribution in [0.2, 0.25) is 0 Å². The third-order valence-electron chi connectivity index (χ3n) is 4.52. The molecule has 0 atom stereocenters. The van der Waals surface area contributed by atoms with Gasteiger partial charge in [-0.1, -0.05) is 12.1 Å². The van der Waals surface area contributed by atoms with Crippen molar-refractivity contribution in [2.75, 3.05) is 5.32 Å². The number of carbonyl (C=O) groups excluding carboxylic acids is 1. The van der Waals surface area contributed by atoms with Crippen LogP contribution in [-0.4, -0.2) is 10.5 Å². The summed E-state index contributed by atoms with van der Waals surface area (Å²) >= 11 is 0. The van der Waals surface area contributed by atoms with E-state index >= 15 is 0 Å². The Kier molecular flexibility index (Phi) is 3.61. The van der Waals surface area contributed by atoms with Crippen molar-refractivity contribution < 1.29 is 18.0 Å². The summed E-state index contributed by atoms with van der Waals surface area (Å²) in [7, 11) is 0. The Balaban J connectivity index is 1.68. The monoisotopic (exact) mass is 358 g/mol. The summed E-state index contributed by atoms with van der Waals surface area (Å²) in [5.74, 6) is -0.641. The zero-order chi connectivity index (χ0) is 18.5. The van der Waals surface area contributed by atoms with Crippen molar-refractivity contribution in [2.24, 2.45) is 0 Å². The molecule has 3 aromatic rings. The average molecular weight is 358 g/mol. The van der Waals surface area contributed by atoms with Gasteiger partial charge in [0.25, 0.3) is 5.91 Å². The Hall–Kier alpha value is -3.09. The van der Waals surface area contributed by atoms with E-state index in [1.807, 2.05) is 10.6 Å². The van der Waals surface area contributed by atoms with Crippen LogP contribution in [-0.2, 0) is 19.1 Å². The van der Waals surface area contributed by atoms with Gasteiger partial charge < -0.3 is 9.88 Å². The van der Waals surface area contributed by atoms with Gasteiger partial charge in [0.2, 0.25) is 5.43 Å². The lowest BCUT2D eigenvalue weighted by molar-refractivity contribution is -0.137. The maximum absolute atomic E-state index is 12.7. The van der Waals surface area contributed by atoms with Crippen LogP contribution in [0, 0.1) is 0 Å². The molecule has 1 aliphatic rings. The first-order valence-corrected chi connectivity index (χ1v) is 7.98. The highest BCUT2D eigenvalue weighted by Gasteiger charge is 2.30. The summed E-state index contributed by atoms with van der Waals surface area (Å²) in [4.78, 5) is 25.2. The van der Waals surface area contributed by atoms with E-state index in [1.54, 1.807) is 12.1 Å². The van der Waals surface area contributed by atoms with Crippen molar-refractivity contribution in [3.05, 3.63) is 75.6 Å². The maximum Gasteiger partial charge on any atom is 0.416 e. The van der Waals surface area contributed by atoms with Crippen molar-refractivity contribution >= 4 is 22.5 Å². The fourth-order valence-electron chi connectivity index (χ4n) is 3.26. The lowest BCUT2D eigenvalue weighted by atomic mass is 10.1. The molecular formula is C19H13F3N2O2. The van der Waals surface area contributed by atoms with E-state index in [0.29, 0.717) is 11.9 Å². The van der Waals surface area contributed by atoms with Crippen LogP contribution in [0.5, 0.6) is 0 Å². The number of benzene rings is 2. The Labute approximate surface area is 145 Å². The number of aryl methyl sites for hydroxylation is 2. The highest BCUT2D eigenvalue weighted by atomic mass is 19.4. The first-order chi connectivity index (χ1) is 12.3. The van der Waals surface area contributed by atoms with Gasteiger partial charge in [0, 0.05) is 23.8 Å². The minimum atomic E-state index is -4.44. The van der Waals surface area contributed by atoms with Crippen molar-refractivity contribution in [3.63, 3.8) is 0 Å². The van der Waals surface area contributed by atoms with Crippen LogP contribution in [0.15, 0.2) is 53.5 Å². The quantitative estimate of drug-likeness (QED) is 0.757. The largest absolute Gasteiger partial charge is 0.416 e. The summed E-state index contributed by atoms with van der Waals surface area (Å²) < 4.78 is 39.7. The number of rotatable bonds is 2. The summed E-state index contributed by atoms with van der Waals surface area (Å²) in [6.07, 6.45) is -2.14. The number of aromatic nitrogens is 1. The van der Waals surface area contributed by atoms with E-state index in [0.717, 1.165) is 41.8 Å². The Morgan fingerprint density at radius 3 is 2.50 bits per heavy atom. The van der Waals surface area contributed by atoms with Gasteiger partial charge in [-0.3, -0.25) is 9.59 Å². The molecule has 1 amide bonds. The van der Waals surface area contributed by atoms with E-state index in [-0.39, 0.29) is 16.7 Å². The van der Waals surface area contributed by atoms with Crippen molar-refractivity contribution in [1.29, 1.82) is 0 Å². The molecule has 1 N–H and O–H groups in total. The number of carbonyl (C=O) groups is 1. The van der Waals surface area contributed by atoms with Gasteiger partial charge >= 0.3 is 6.18 Å². The third-order valence-corrected chi connectivity index (χ3v) is 4.52. The third kappa shape index (κ3) is 2.65. The van der Waals surface area contributed by atoms with Crippen LogP contribution < -0.4 is 10.7 Å². The van der Waals surface area contributed by atoms with Crippen LogP contribution in [0.4, 0.5) is 18.9 Å². The second-order valence-corrected chi connectivity index (χ2v) is 6.16. The zero-order valence-electron chi connectivity index (χ0n) is 13.4. The number of hydrogen-bond acceptors (Lipinski definition) is 2. The smallest absolute Gasteiger partial charge is 0.346 e. The molecule has 0 saturated carbocycles. The maximum atomic E-state index is 12.7. The lowest BCUT2D eigenvalue weighted by Gasteiger charge is -2.10. The average Bonchev–Trinajstić information content (AvgIpc) is 3.02. The second-order valence-electron chi connectivity index (χ2n) is 6.16. The van der Waals surface area contributed by atoms with Gasteiger partial charge in [0.15, 0.2) is 0 Å². The fraction of sp³-hybridized carbons (Fsp3) is 0.158. The zero-order valence-corrected chi connectivity index (χ0v) is 13.4. The number of para-hydroxylation sites is 1. The Morgan fingerprint density at radius 2 is 1.81 bits per heavy atom. The molecule has 132 valence electrons. The van der Waals surface area contributed by atoms with E-state index in [1.165, 1.54) is 6.20 Å². The van der Waals surface area contributed by atoms with Crippen LogP contribution >= 0.6 is 0 Å². The molecule has 4 nitrogen and oxygen atoms in total. The molecule has 7 heteroatoms. The Morgan fingerprint density at radius 1 is 1.08 bits per heavy atom. The lowest BCUT2D eigenvalue weighted by Crippen LogP contribution is -2.23. The first kappa shape index (κ1) is 16.4. The molecule has 1 aliphatic heterocycles. The molecule has 0 fully saturated rings. The van der Waals surface area contributed by atoms with Crippen molar-refractivity contribution in [3.8, 4) is 0 Å². The highest BCUT2D eigenvalue weighted by molar-refractivity contribution is 6.06. The van der Waals surface area contributed by atoms with Crippen molar-refractivity contribution in [2.45, 2.75) is 19.1 Å². The van der Waals surface area contributed by atoms with Gasteiger partial charge in [-0.25, -0.2) is 0 Å². The normalized spacial score (nSPS) is 13.2. The topological polar surface area (TPSA) is 51.1 Å². The predicted octanol–water partition coefficient (Wildman–Crippen LogP) is 3.83. The number of pyridine rings is 1. The number of nitrogens with zero attached hydrogens (tertiary/aromatic N) is 1. The number of anilines is 1. The van der Waals surface area contributed by atoms with Gasteiger partial charge in [-0.15, -0.1) is 0 Å². The second kappa shape index (κ2) is 5.72. The first-order valence-electron chi connectivity index (χ1n) is 7.98. The van der Waals surface area contributed by atoms with Gasteiger partial charge in [-0.2, -0.15) is 13.2 Å². The molecule has 0 bridgehead atoms. The van der Waals surface area contributed by atoms with Crippen LogP contribution in [0.3, 0.4) is 0 Å². The van der Waals surface area contributed by atoms with E-state index in [4.69, 9.17) is 0 Å². The summed E-state index contributed by atoms with van der Waals surface area (Å²) in [6.45, 7) is 0.677. The van der Waals surface area contributed by atoms with E-state index in [2.05, 4.69) is 5.32 Å². The molecule has 1 aromatic heterocycles. The van der Waals surface area contributed by atoms with Crippen LogP contribution in [0.1, 0.15) is 21.5 Å². The highest BCUT2D eigenvalue weighted by Crippen LogP contribution is 2.30. The molecule has 2 aromatic carbocycles. The number of hydrogen-bond donors (Lipinski definition) is 1. The van der Waals surface area contributed by atoms with Gasteiger partial charge in [-0.05, 0) is 42.3 Å². The Bertz CT molecular complexity index is 1080. The summed E-state index contributed by atoms with van der Waals surface area (Å²) in [5.41, 5.74) is 0.874. The van der Waals surface area contributed by atoms with Crippen molar-refractivity contribution in [1.82, 2.24) is 4.57 Å². The molecule has 0 spiro atoms. The van der Waals surface area contributed by atoms with E-state index < -0.39 is 17.6 Å². The number of halogens is 3. The minimum Gasteiger partial charge on any atom is -0.346 e.